The van der Waals surface area contributed by atoms with Gasteiger partial charge in [-0.05, 0) is 92.2 Å². The topological polar surface area (TPSA) is 235 Å². The molecule has 7 aliphatic rings. The molecule has 9 atom stereocenters. The average Bonchev–Trinajstić information content (AvgIpc) is 3.95. The second-order valence-corrected chi connectivity index (χ2v) is 18.4. The second kappa shape index (κ2) is 14.7. The van der Waals surface area contributed by atoms with Crippen LogP contribution >= 0.6 is 0 Å². The Bertz CT molecular complexity index is 2290. The first-order valence-corrected chi connectivity index (χ1v) is 21.1. The van der Waals surface area contributed by atoms with Crippen LogP contribution in [-0.2, 0) is 52.3 Å². The van der Waals surface area contributed by atoms with Gasteiger partial charge < -0.3 is 37.3 Å². The van der Waals surface area contributed by atoms with Crippen molar-refractivity contribution in [2.45, 2.75) is 118 Å². The Morgan fingerprint density at radius 1 is 0.623 bits per heavy atom. The third-order valence-corrected chi connectivity index (χ3v) is 15.6. The summed E-state index contributed by atoms with van der Waals surface area (Å²) in [6.45, 7) is 8.46. The molecular formula is C46H55N7O8. The zero-order chi connectivity index (χ0) is 43.9. The van der Waals surface area contributed by atoms with E-state index in [1.165, 1.54) is 0 Å². The first-order valence-electron chi connectivity index (χ1n) is 21.1. The minimum Gasteiger partial charge on any atom is -0.375 e. The summed E-state index contributed by atoms with van der Waals surface area (Å²) in [4.78, 5) is 89.2. The van der Waals surface area contributed by atoms with Crippen molar-refractivity contribution in [3.05, 3.63) is 101 Å². The molecule has 3 heterocycles. The van der Waals surface area contributed by atoms with Gasteiger partial charge in [0.15, 0.2) is 0 Å². The number of nitrogens with two attached hydrogens (primary N) is 4. The van der Waals surface area contributed by atoms with Gasteiger partial charge in [0, 0.05) is 47.7 Å². The van der Waals surface area contributed by atoms with Gasteiger partial charge in [0.25, 0.3) is 11.8 Å². The first kappa shape index (κ1) is 41.9. The lowest BCUT2D eigenvalue weighted by molar-refractivity contribution is -0.167. The molecule has 3 saturated heterocycles. The van der Waals surface area contributed by atoms with Crippen molar-refractivity contribution in [3.63, 3.8) is 0 Å². The number of likely N-dealkylation sites (tertiary alicyclic amines) is 2. The fourth-order valence-corrected chi connectivity index (χ4v) is 12.9. The van der Waals surface area contributed by atoms with E-state index in [-0.39, 0.29) is 31.8 Å². The Balaban J connectivity index is 1.30. The van der Waals surface area contributed by atoms with E-state index in [2.05, 4.69) is 18.7 Å². The highest BCUT2D eigenvalue weighted by atomic mass is 16.6. The highest BCUT2D eigenvalue weighted by molar-refractivity contribution is 6.12. The minimum atomic E-state index is -2.17. The van der Waals surface area contributed by atoms with Crippen molar-refractivity contribution in [1.82, 2.24) is 9.80 Å². The predicted octanol–water partition coefficient (Wildman–Crippen LogP) is 3.31. The molecule has 6 unspecified atom stereocenters. The van der Waals surface area contributed by atoms with Crippen molar-refractivity contribution >= 4 is 41.6 Å². The van der Waals surface area contributed by atoms with Crippen LogP contribution in [0.25, 0.3) is 0 Å². The molecule has 8 N–H and O–H groups in total. The Kier molecular flexibility index (Phi) is 10.1. The fraction of sp³-hybridized carbons (Fsp3) is 0.478. The van der Waals surface area contributed by atoms with Crippen LogP contribution in [0.4, 0.5) is 15.3 Å². The summed E-state index contributed by atoms with van der Waals surface area (Å²) in [7, 11) is 0. The molecule has 15 nitrogen and oxygen atoms in total. The fourth-order valence-electron chi connectivity index (χ4n) is 12.9. The molecule has 322 valence electrons. The number of esters is 2. The monoisotopic (exact) mass is 833 g/mol. The van der Waals surface area contributed by atoms with Gasteiger partial charge in [-0.2, -0.15) is 0 Å². The molecule has 15 heteroatoms. The van der Waals surface area contributed by atoms with Crippen molar-refractivity contribution in [2.75, 3.05) is 18.0 Å². The standard InChI is InChI=1S/C46H55N7O8/c1-27-24-34(33-12-8-22-51(33)45(36(47)54,38(56)60-40(49)58)42(2)25-28-14-18-30(42)19-15-28)53(32-10-6-5-7-11-32)44(27,4)35-13-9-23-52(35)46(37(48)55,39(57)61-41(50)59)43(3)26-29-16-20-31(43)21-17-29/h5-7,10-11,14-21,27,33-35H,8-9,12-13,22-26H2,1-4H3,(H2,47,54)(H2,48,55)(H2,49,58)(H2,50,59)/t27?,33?,34?,35?,42?,43?,44-,45-,46-/m0/s1. The van der Waals surface area contributed by atoms with E-state index in [4.69, 9.17) is 32.4 Å². The molecule has 3 aliphatic heterocycles. The largest absolute Gasteiger partial charge is 0.412 e. The van der Waals surface area contributed by atoms with Gasteiger partial charge >= 0.3 is 24.1 Å². The highest BCUT2D eigenvalue weighted by Crippen LogP contribution is 2.56. The van der Waals surface area contributed by atoms with E-state index in [0.717, 1.165) is 16.8 Å². The van der Waals surface area contributed by atoms with Gasteiger partial charge in [-0.15, -0.1) is 0 Å². The molecular weight excluding hydrogens is 779 g/mol. The second-order valence-electron chi connectivity index (χ2n) is 18.4. The van der Waals surface area contributed by atoms with Gasteiger partial charge in [-0.1, -0.05) is 87.5 Å². The SMILES string of the molecule is CC1CC(C2CCCN2[C@@](C(N)=O)(C(=O)OC(N)=O)C2(C)Cc3ccc2cc3)N(c2ccccc2)[C@]1(C)C1CCCN1[C@@](C(N)=O)(C(=O)OC(N)=O)C1(C)Cc2ccc1cc2. The number of fused-ring (bicyclic) bond motifs is 6. The zero-order valence-electron chi connectivity index (χ0n) is 35.1. The number of anilines is 1. The van der Waals surface area contributed by atoms with Crippen LogP contribution < -0.4 is 27.8 Å². The molecule has 4 amide bonds. The Hall–Kier alpha value is -5.80. The summed E-state index contributed by atoms with van der Waals surface area (Å²) in [5.41, 5.74) is 20.3. The normalized spacial score (nSPS) is 31.3. The highest BCUT2D eigenvalue weighted by Gasteiger charge is 2.72. The number of benzene rings is 3. The summed E-state index contributed by atoms with van der Waals surface area (Å²) in [5.74, 6) is -4.32. The zero-order valence-corrected chi connectivity index (χ0v) is 35.1. The number of amides is 4. The Morgan fingerprint density at radius 3 is 1.52 bits per heavy atom. The molecule has 0 aromatic heterocycles. The number of carbonyl (C=O) groups excluding carboxylic acids is 6. The number of ether oxygens (including phenoxy) is 2. The van der Waals surface area contributed by atoms with Gasteiger partial charge in [0.05, 0.1) is 5.54 Å². The van der Waals surface area contributed by atoms with Crippen molar-refractivity contribution < 1.29 is 38.2 Å². The molecule has 4 aliphatic carbocycles. The molecule has 10 rings (SSSR count). The number of rotatable bonds is 11. The lowest BCUT2D eigenvalue weighted by atomic mass is 9.58. The van der Waals surface area contributed by atoms with Crippen LogP contribution in [0.3, 0.4) is 0 Å². The number of primary amides is 4. The van der Waals surface area contributed by atoms with Gasteiger partial charge in [0.2, 0.25) is 11.1 Å². The molecule has 0 spiro atoms. The number of para-hydroxylation sites is 1. The van der Waals surface area contributed by atoms with Crippen molar-refractivity contribution in [1.29, 1.82) is 0 Å². The molecule has 3 aromatic rings. The lowest BCUT2D eigenvalue weighted by Gasteiger charge is -2.58. The summed E-state index contributed by atoms with van der Waals surface area (Å²) in [6.07, 6.45) is 0.706. The van der Waals surface area contributed by atoms with Crippen LogP contribution in [0.2, 0.25) is 0 Å². The molecule has 61 heavy (non-hydrogen) atoms. The van der Waals surface area contributed by atoms with E-state index < -0.39 is 81.5 Å². The smallest absolute Gasteiger partial charge is 0.375 e. The molecule has 3 fully saturated rings. The summed E-state index contributed by atoms with van der Waals surface area (Å²) < 4.78 is 10.5. The number of hydrogen-bond acceptors (Lipinski definition) is 11. The molecule has 0 saturated carbocycles. The molecule has 3 aromatic carbocycles. The van der Waals surface area contributed by atoms with Crippen molar-refractivity contribution in [2.24, 2.45) is 28.9 Å². The quantitative estimate of drug-likeness (QED) is 0.162. The third-order valence-electron chi connectivity index (χ3n) is 15.6. The third kappa shape index (κ3) is 5.75. The number of nitrogens with zero attached hydrogens (tertiary/aromatic N) is 3. The van der Waals surface area contributed by atoms with Crippen LogP contribution in [0.5, 0.6) is 0 Å². The van der Waals surface area contributed by atoms with E-state index in [9.17, 15) is 28.8 Å². The van der Waals surface area contributed by atoms with E-state index in [0.29, 0.717) is 43.2 Å². The summed E-state index contributed by atoms with van der Waals surface area (Å²) in [6, 6.07) is 23.6. The van der Waals surface area contributed by atoms with E-state index in [1.54, 1.807) is 0 Å². The predicted molar refractivity (Wildman–Crippen MR) is 225 cm³/mol. The van der Waals surface area contributed by atoms with E-state index >= 15 is 0 Å². The van der Waals surface area contributed by atoms with Gasteiger partial charge in [0.1, 0.15) is 0 Å². The maximum atomic E-state index is 14.8. The maximum Gasteiger partial charge on any atom is 0.412 e. The minimum absolute atomic E-state index is 0.154. The lowest BCUT2D eigenvalue weighted by Crippen LogP contribution is -2.78. The molecule has 0 radical (unpaired) electrons. The first-order chi connectivity index (χ1) is 28.9. The Morgan fingerprint density at radius 2 is 1.08 bits per heavy atom. The average molecular weight is 834 g/mol. The van der Waals surface area contributed by atoms with Crippen LogP contribution in [0.15, 0.2) is 78.9 Å². The Labute approximate surface area is 355 Å². The van der Waals surface area contributed by atoms with Gasteiger partial charge in [-0.3, -0.25) is 19.4 Å². The van der Waals surface area contributed by atoms with Crippen molar-refractivity contribution in [3.8, 4) is 0 Å². The van der Waals surface area contributed by atoms with Crippen LogP contribution in [-0.4, -0.2) is 93.6 Å². The summed E-state index contributed by atoms with van der Waals surface area (Å²) >= 11 is 0. The number of carbonyl (C=O) groups is 6. The van der Waals surface area contributed by atoms with E-state index in [1.807, 2.05) is 103 Å². The maximum absolute atomic E-state index is 14.8. The van der Waals surface area contributed by atoms with Crippen LogP contribution in [0, 0.1) is 5.92 Å². The van der Waals surface area contributed by atoms with Gasteiger partial charge in [-0.25, -0.2) is 19.2 Å². The van der Waals surface area contributed by atoms with Crippen LogP contribution in [0.1, 0.15) is 82.1 Å². The molecule has 4 bridgehead atoms. The number of hydrogen-bond donors (Lipinski definition) is 4. The summed E-state index contributed by atoms with van der Waals surface area (Å²) in [5, 5.41) is 0.